The number of rotatable bonds is 32. The number of hydrogen-bond donors (Lipinski definition) is 28. The third kappa shape index (κ3) is 32.1. The molecule has 130 heavy (non-hydrogen) atoms. The van der Waals surface area contributed by atoms with E-state index in [1.165, 1.54) is 41.5 Å². The first-order chi connectivity index (χ1) is 60.3. The number of hydrogen-bond acceptors (Lipinski definition) is 46. The summed E-state index contributed by atoms with van der Waals surface area (Å²) in [6.45, 7) is -1.46. The molecule has 4 aliphatic rings. The molecule has 8 heterocycles. The summed E-state index contributed by atoms with van der Waals surface area (Å²) in [5.41, 5.74) is 8.03. The van der Waals surface area contributed by atoms with Crippen LogP contribution in [0.4, 0.5) is 0 Å². The van der Waals surface area contributed by atoms with Crippen LogP contribution in [-0.4, -0.2) is 245 Å². The molecule has 0 amide bonds. The van der Waals surface area contributed by atoms with Crippen LogP contribution < -0.4 is 67.9 Å². The van der Waals surface area contributed by atoms with E-state index >= 15 is 0 Å². The average molecular weight is 2120 g/mol. The summed E-state index contributed by atoms with van der Waals surface area (Å²) >= 11 is 0. The van der Waals surface area contributed by atoms with E-state index in [1.54, 1.807) is 4.98 Å². The van der Waals surface area contributed by atoms with Gasteiger partial charge in [-0.3, -0.25) is 66.3 Å². The van der Waals surface area contributed by atoms with Crippen LogP contribution in [0.2, 0.25) is 0 Å². The highest BCUT2D eigenvalue weighted by atomic mass is 31.3. The molecule has 0 aliphatic carbocycles. The maximum atomic E-state index is 12.4. The van der Waals surface area contributed by atoms with Crippen LogP contribution in [0.1, 0.15) is 69.5 Å². The maximum Gasteiger partial charge on any atom is 0.490 e. The fourth-order valence-corrected chi connectivity index (χ4v) is 22.4. The number of aliphatic hydroxyl groups excluding tert-OH is 4. The molecule has 32 N–H and O–H groups in total. The minimum atomic E-state index is -6.02. The van der Waals surface area contributed by atoms with Gasteiger partial charge in [0.25, 0.3) is 22.2 Å². The van der Waals surface area contributed by atoms with Crippen molar-refractivity contribution in [2.75, 3.05) is 26.3 Å². The third-order valence-corrected chi connectivity index (χ3v) is 30.1. The van der Waals surface area contributed by atoms with Gasteiger partial charge in [-0.25, -0.2) is 74.0 Å². The number of H-pyrrole nitrogens is 4. The number of nitrogens with two attached hydrogens (primary N) is 4. The molecule has 82 heteroatoms. The number of nitrogens with one attached hydrogen (secondary N) is 4. The van der Waals surface area contributed by atoms with Crippen molar-refractivity contribution >= 4 is 93.9 Å². The summed E-state index contributed by atoms with van der Waals surface area (Å²) in [5, 5.41) is 49.5. The fourth-order valence-electron chi connectivity index (χ4n) is 10.6. The number of nitrogens with zero attached hydrogens (tertiary/aromatic N) is 6. The predicted octanol–water partition coefficient (Wildman–Crippen LogP) is -9.16. The van der Waals surface area contributed by atoms with E-state index in [0.29, 0.717) is 21.8 Å². The number of aromatic amines is 4. The minimum Gasteiger partial charge on any atom is -0.387 e. The summed E-state index contributed by atoms with van der Waals surface area (Å²) in [5.74, 6) is 19.0. The van der Waals surface area contributed by atoms with Crippen molar-refractivity contribution in [2.45, 2.75) is 137 Å². The first-order valence-electron chi connectivity index (χ1n) is 34.8. The first kappa shape index (κ1) is 108. The van der Waals surface area contributed by atoms with Gasteiger partial charge in [-0.05, 0) is 41.5 Å². The molecule has 0 aromatic carbocycles. The van der Waals surface area contributed by atoms with Gasteiger partial charge in [-0.15, -0.1) is 23.7 Å². The Hall–Kier alpha value is -6.02. The Balaban J connectivity index is 0.000000316. The number of ether oxygens (including phenoxy) is 4. The molecule has 0 radical (unpaired) electrons. The van der Waals surface area contributed by atoms with Gasteiger partial charge < -0.3 is 141 Å². The molecule has 0 bridgehead atoms. The molecule has 0 spiro atoms. The number of phosphoric acid groups is 12. The van der Waals surface area contributed by atoms with Gasteiger partial charge in [0.15, 0.2) is 47.1 Å². The van der Waals surface area contributed by atoms with Crippen molar-refractivity contribution in [3.63, 3.8) is 0 Å². The van der Waals surface area contributed by atoms with Gasteiger partial charge in [0.2, 0.25) is 0 Å². The van der Waals surface area contributed by atoms with Gasteiger partial charge >= 0.3 is 117 Å². The van der Waals surface area contributed by atoms with Crippen LogP contribution in [0.3, 0.4) is 0 Å². The zero-order valence-electron chi connectivity index (χ0n) is 68.7. The highest BCUT2D eigenvalue weighted by Gasteiger charge is 2.61. The number of aliphatic hydroxyl groups is 4. The quantitative estimate of drug-likeness (QED) is 0.0159. The van der Waals surface area contributed by atoms with Crippen LogP contribution in [0.25, 0.3) is 0 Å². The molecule has 24 atom stereocenters. The van der Waals surface area contributed by atoms with Gasteiger partial charge in [-0.2, -0.15) is 54.0 Å². The predicted molar refractivity (Wildman–Crippen MR) is 411 cm³/mol. The molecule has 70 nitrogen and oxygen atoms in total. The Morgan fingerprint density at radius 2 is 0.585 bits per heavy atom. The van der Waals surface area contributed by atoms with E-state index in [4.69, 9.17) is 91.4 Å². The molecule has 4 aromatic heterocycles. The molecule has 4 fully saturated rings. The smallest absolute Gasteiger partial charge is 0.387 e. The van der Waals surface area contributed by atoms with Gasteiger partial charge in [0, 0.05) is 23.5 Å². The molecular weight excluding hydrogens is 2040 g/mol. The van der Waals surface area contributed by atoms with Crippen molar-refractivity contribution < 1.29 is 231 Å². The third-order valence-electron chi connectivity index (χ3n) is 15.2. The van der Waals surface area contributed by atoms with Crippen LogP contribution in [-0.2, 0) is 126 Å². The molecular formula is C48H74N14O56P12. The molecule has 8 rings (SSSR count). The standard InChI is InChI=1S/2C13H20N3O14P3.2C11H17N4O14P3/c2*1-3-4-13(14)10(18)8(28-11(13)16-7(2)5-9(17)15-12(16)19)6-27-32(23,24)30-33(25,26)29-31(20,21)22;2*1-2-3-11(12)8(17)6(27-9(11)15-10(18)14-7(16)4-13-15)5-26-31(22,23)29-32(24,25)28-30(19,20)21/h2*5,8,10-11,18H,6,14H2,1-2H3,(H,23,24)(H,25,26)(H,15,17,19)(H2,20,21,22);2*4,6,8-9,17H,5,12H2,1H3,(H,22,23)(H,24,25)(H,14,16,18)(H2,19,20,21)/t2*8-,10+,11-,13?;2*6-,8+,9-,11?/m1111/s1/i6D2;;5D2;. The molecule has 0 saturated carbocycles. The average Bonchev–Trinajstić information content (AvgIpc) is 1.59. The van der Waals surface area contributed by atoms with Crippen LogP contribution >= 0.6 is 93.9 Å². The van der Waals surface area contributed by atoms with E-state index in [9.17, 15) is 148 Å². The maximum absolute atomic E-state index is 12.4. The van der Waals surface area contributed by atoms with Crippen molar-refractivity contribution in [3.05, 3.63) is 119 Å². The van der Waals surface area contributed by atoms with E-state index in [-0.39, 0.29) is 11.4 Å². The molecule has 12 unspecified atom stereocenters. The summed E-state index contributed by atoms with van der Waals surface area (Å²) in [7, 11) is -69.1. The first-order valence-corrected chi connectivity index (χ1v) is 50.9. The second-order valence-electron chi connectivity index (χ2n) is 24.9. The van der Waals surface area contributed by atoms with Crippen LogP contribution in [0.5, 0.6) is 0 Å². The Morgan fingerprint density at radius 1 is 0.362 bits per heavy atom. The summed E-state index contributed by atoms with van der Waals surface area (Å²) in [6, 6.07) is 1.99. The highest BCUT2D eigenvalue weighted by Crippen LogP contribution is 2.70. The second kappa shape index (κ2) is 43.1. The van der Waals surface area contributed by atoms with Crippen molar-refractivity contribution in [2.24, 2.45) is 22.9 Å². The number of aryl methyl sites for hydroxylation is 2. The Labute approximate surface area is 724 Å². The molecule has 4 aromatic rings. The zero-order valence-corrected chi connectivity index (χ0v) is 75.4. The van der Waals surface area contributed by atoms with Crippen molar-refractivity contribution in [1.82, 2.24) is 48.6 Å². The fraction of sp³-hybridized carbons (Fsp3) is 0.542. The SMILES string of the molecule is CC#CC1(N)[C@@H](O)[C@@H](COP(=O)(O)OP(=O)(O)OP(=O)(O)O)O[C@H]1n1c(C)cc(=O)[nH]c1=O.CC#CC1(N)[C@@H](O)[C@@H](COP(=O)(O)OP(=O)(O)OP(=O)(O)O)O[C@H]1n1ncc(=O)[nH]c1=O.[2H]C([2H])(OP(=O)(O)OP(=O)(O)OP(=O)(O)O)[C@H]1O[C@@H](n2c(C)cc(=O)[nH]c2=O)C(N)(C#CC)[C@H]1O.[2H]C([2H])(OP(=O)(O)OP(=O)(O)OP(=O)(O)O)[C@H]1O[C@@H](n2ncc(=O)[nH]c2=O)C(N)(C#CC)[C@H]1O. The lowest BCUT2D eigenvalue weighted by Crippen LogP contribution is -2.55. The second-order valence-corrected chi connectivity index (χ2v) is 42.5. The topological polar surface area (TPSA) is 1110 Å². The summed E-state index contributed by atoms with van der Waals surface area (Å²) in [6.07, 6.45) is -21.5. The summed E-state index contributed by atoms with van der Waals surface area (Å²) < 4.78 is 237. The highest BCUT2D eigenvalue weighted by molar-refractivity contribution is 7.68. The van der Waals surface area contributed by atoms with Crippen molar-refractivity contribution in [1.29, 1.82) is 0 Å². The van der Waals surface area contributed by atoms with E-state index in [2.05, 4.69) is 110 Å². The normalized spacial score (nSPS) is 30.0. The molecule has 4 saturated heterocycles. The van der Waals surface area contributed by atoms with E-state index in [0.717, 1.165) is 21.3 Å². The largest absolute Gasteiger partial charge is 0.490 e. The monoisotopic (exact) mass is 2120 g/mol. The minimum absolute atomic E-state index is 0.0576. The summed E-state index contributed by atoms with van der Waals surface area (Å²) in [4.78, 5) is 245. The van der Waals surface area contributed by atoms with E-state index in [1.807, 2.05) is 15.0 Å². The Morgan fingerprint density at radius 3 is 0.831 bits per heavy atom. The van der Waals surface area contributed by atoms with Gasteiger partial charge in [0.1, 0.15) is 61.2 Å². The Kier molecular flexibility index (Phi) is 35.7. The van der Waals surface area contributed by atoms with Crippen LogP contribution in [0.15, 0.2) is 62.9 Å². The number of phosphoric ester groups is 4. The van der Waals surface area contributed by atoms with E-state index < -0.39 is 261 Å². The molecule has 732 valence electrons. The molecule has 4 aliphatic heterocycles. The lowest BCUT2D eigenvalue weighted by Gasteiger charge is -2.28. The van der Waals surface area contributed by atoms with Gasteiger partial charge in [-0.1, -0.05) is 23.7 Å². The lowest BCUT2D eigenvalue weighted by molar-refractivity contribution is -0.0520. The zero-order chi connectivity index (χ0) is 103. The lowest BCUT2D eigenvalue weighted by atomic mass is 9.91. The van der Waals surface area contributed by atoms with Gasteiger partial charge in [0.05, 0.1) is 31.8 Å². The van der Waals surface area contributed by atoms with Crippen molar-refractivity contribution in [3.8, 4) is 47.4 Å². The number of aromatic nitrogens is 10. The Bertz CT molecular complexity index is 6520. The van der Waals surface area contributed by atoms with Crippen LogP contribution in [0, 0.1) is 61.2 Å².